The van der Waals surface area contributed by atoms with Gasteiger partial charge in [-0.2, -0.15) is 0 Å². The monoisotopic (exact) mass is 287 g/mol. The summed E-state index contributed by atoms with van der Waals surface area (Å²) in [6, 6.07) is 15.2. The fourth-order valence-corrected chi connectivity index (χ4v) is 2.61. The van der Waals surface area contributed by atoms with Gasteiger partial charge in [-0.1, -0.05) is 49.7 Å². The van der Waals surface area contributed by atoms with Crippen LogP contribution in [0.2, 0.25) is 5.02 Å². The van der Waals surface area contributed by atoms with Gasteiger partial charge in [-0.05, 0) is 54.7 Å². The second-order valence-corrected chi connectivity index (χ2v) is 5.60. The van der Waals surface area contributed by atoms with Crippen molar-refractivity contribution < 1.29 is 0 Å². The maximum Gasteiger partial charge on any atom is 0.0511 e. The zero-order chi connectivity index (χ0) is 14.5. The molecule has 0 saturated carbocycles. The van der Waals surface area contributed by atoms with E-state index in [-0.39, 0.29) is 0 Å². The molecule has 1 atom stereocenters. The van der Waals surface area contributed by atoms with Crippen molar-refractivity contribution in [2.45, 2.75) is 39.7 Å². The molecule has 0 heterocycles. The summed E-state index contributed by atoms with van der Waals surface area (Å²) in [6.45, 7) is 6.47. The fourth-order valence-electron chi connectivity index (χ4n) is 2.38. The van der Waals surface area contributed by atoms with Crippen molar-refractivity contribution in [2.75, 3.05) is 5.32 Å². The minimum atomic E-state index is 0.334. The Morgan fingerprint density at radius 3 is 2.30 bits per heavy atom. The topological polar surface area (TPSA) is 12.0 Å². The normalized spacial score (nSPS) is 12.2. The zero-order valence-electron chi connectivity index (χ0n) is 12.4. The van der Waals surface area contributed by atoms with Gasteiger partial charge in [0.1, 0.15) is 0 Å². The average Bonchev–Trinajstić information content (AvgIpc) is 2.47. The first kappa shape index (κ1) is 14.9. The summed E-state index contributed by atoms with van der Waals surface area (Å²) in [5.41, 5.74) is 5.05. The minimum Gasteiger partial charge on any atom is -0.378 e. The third kappa shape index (κ3) is 3.55. The second-order valence-electron chi connectivity index (χ2n) is 5.16. The lowest BCUT2D eigenvalue weighted by Crippen LogP contribution is -2.10. The summed E-state index contributed by atoms with van der Waals surface area (Å²) < 4.78 is 0. The van der Waals surface area contributed by atoms with Crippen LogP contribution in [0.25, 0.3) is 0 Å². The number of rotatable bonds is 5. The van der Waals surface area contributed by atoms with E-state index in [1.807, 2.05) is 12.1 Å². The summed E-state index contributed by atoms with van der Waals surface area (Å²) in [6.07, 6.45) is 2.13. The van der Waals surface area contributed by atoms with Crippen LogP contribution in [0.3, 0.4) is 0 Å². The molecule has 0 radical (unpaired) electrons. The van der Waals surface area contributed by atoms with Crippen LogP contribution in [0.15, 0.2) is 42.5 Å². The first-order valence-electron chi connectivity index (χ1n) is 7.25. The molecule has 0 saturated heterocycles. The highest BCUT2D eigenvalue weighted by atomic mass is 35.5. The average molecular weight is 288 g/mol. The molecule has 2 aromatic carbocycles. The van der Waals surface area contributed by atoms with E-state index in [0.29, 0.717) is 6.04 Å². The summed E-state index contributed by atoms with van der Waals surface area (Å²) in [5.74, 6) is 0. The Bertz CT molecular complexity index is 560. The Hall–Kier alpha value is -1.47. The second kappa shape index (κ2) is 6.81. The molecule has 20 heavy (non-hydrogen) atoms. The molecule has 0 amide bonds. The van der Waals surface area contributed by atoms with Crippen LogP contribution in [-0.2, 0) is 6.42 Å². The number of hydrogen-bond acceptors (Lipinski definition) is 1. The Morgan fingerprint density at radius 2 is 1.75 bits per heavy atom. The Morgan fingerprint density at radius 1 is 1.05 bits per heavy atom. The molecule has 1 unspecified atom stereocenters. The van der Waals surface area contributed by atoms with E-state index >= 15 is 0 Å². The van der Waals surface area contributed by atoms with Crippen molar-refractivity contribution in [3.8, 4) is 0 Å². The van der Waals surface area contributed by atoms with Gasteiger partial charge < -0.3 is 5.32 Å². The van der Waals surface area contributed by atoms with Crippen LogP contribution in [0.5, 0.6) is 0 Å². The third-order valence-corrected chi connectivity index (χ3v) is 3.95. The molecule has 1 nitrogen and oxygen atoms in total. The number of hydrogen-bond donors (Lipinski definition) is 1. The number of anilines is 1. The highest BCUT2D eigenvalue weighted by Crippen LogP contribution is 2.26. The quantitative estimate of drug-likeness (QED) is 0.735. The molecule has 2 heteroatoms. The van der Waals surface area contributed by atoms with Crippen LogP contribution in [-0.4, -0.2) is 0 Å². The summed E-state index contributed by atoms with van der Waals surface area (Å²) in [4.78, 5) is 0. The highest BCUT2D eigenvalue weighted by Gasteiger charge is 2.10. The van der Waals surface area contributed by atoms with Crippen LogP contribution in [0.4, 0.5) is 5.69 Å². The van der Waals surface area contributed by atoms with E-state index in [1.54, 1.807) is 0 Å². The largest absolute Gasteiger partial charge is 0.378 e. The summed E-state index contributed by atoms with van der Waals surface area (Å²) in [5, 5.41) is 4.40. The lowest BCUT2D eigenvalue weighted by molar-refractivity contribution is 0.748. The van der Waals surface area contributed by atoms with Gasteiger partial charge in [0.2, 0.25) is 0 Å². The highest BCUT2D eigenvalue weighted by molar-refractivity contribution is 6.30. The van der Waals surface area contributed by atoms with Gasteiger partial charge in [0.15, 0.2) is 0 Å². The molecule has 106 valence electrons. The molecular formula is C18H22ClN. The predicted octanol–water partition coefficient (Wildman–Crippen LogP) is 5.77. The van der Waals surface area contributed by atoms with Gasteiger partial charge in [-0.3, -0.25) is 0 Å². The number of benzene rings is 2. The maximum absolute atomic E-state index is 6.01. The van der Waals surface area contributed by atoms with Gasteiger partial charge in [-0.15, -0.1) is 0 Å². The van der Waals surface area contributed by atoms with E-state index in [0.717, 1.165) is 23.6 Å². The lowest BCUT2D eigenvalue weighted by Gasteiger charge is -2.20. The molecule has 2 rings (SSSR count). The Kier molecular flexibility index (Phi) is 5.08. The molecule has 0 aliphatic rings. The third-order valence-electron chi connectivity index (χ3n) is 3.72. The van der Waals surface area contributed by atoms with Crippen molar-refractivity contribution in [3.63, 3.8) is 0 Å². The standard InChI is InChI=1S/C18H22ClN/c1-4-14-6-8-15(9-7-14)17(5-2)20-18-11-10-16(19)12-13(18)3/h6-12,17,20H,4-5H2,1-3H3. The zero-order valence-corrected chi connectivity index (χ0v) is 13.2. The van der Waals surface area contributed by atoms with Gasteiger partial charge in [-0.25, -0.2) is 0 Å². The smallest absolute Gasteiger partial charge is 0.0511 e. The summed E-state index contributed by atoms with van der Waals surface area (Å²) >= 11 is 6.01. The molecule has 2 aromatic rings. The first-order valence-corrected chi connectivity index (χ1v) is 7.63. The molecule has 0 bridgehead atoms. The molecule has 0 aliphatic carbocycles. The molecule has 0 aliphatic heterocycles. The van der Waals surface area contributed by atoms with Gasteiger partial charge >= 0.3 is 0 Å². The first-order chi connectivity index (χ1) is 9.63. The van der Waals surface area contributed by atoms with Crippen molar-refractivity contribution >= 4 is 17.3 Å². The molecule has 0 aromatic heterocycles. The van der Waals surface area contributed by atoms with E-state index < -0.39 is 0 Å². The van der Waals surface area contributed by atoms with E-state index in [4.69, 9.17) is 11.6 Å². The SMILES string of the molecule is CCc1ccc(C(CC)Nc2ccc(Cl)cc2C)cc1. The minimum absolute atomic E-state index is 0.334. The van der Waals surface area contributed by atoms with Crippen LogP contribution in [0.1, 0.15) is 43.0 Å². The van der Waals surface area contributed by atoms with Crippen LogP contribution < -0.4 is 5.32 Å². The van der Waals surface area contributed by atoms with Crippen molar-refractivity contribution in [1.82, 2.24) is 0 Å². The Labute approximate surface area is 127 Å². The van der Waals surface area contributed by atoms with Gasteiger partial charge in [0, 0.05) is 10.7 Å². The van der Waals surface area contributed by atoms with Gasteiger partial charge in [0.05, 0.1) is 6.04 Å². The van der Waals surface area contributed by atoms with Crippen LogP contribution in [0, 0.1) is 6.92 Å². The van der Waals surface area contributed by atoms with Crippen molar-refractivity contribution in [3.05, 3.63) is 64.2 Å². The van der Waals surface area contributed by atoms with E-state index in [9.17, 15) is 0 Å². The molecule has 0 fully saturated rings. The molecule has 0 spiro atoms. The number of aryl methyl sites for hydroxylation is 2. The van der Waals surface area contributed by atoms with Crippen molar-refractivity contribution in [1.29, 1.82) is 0 Å². The Balaban J connectivity index is 2.19. The fraction of sp³-hybridized carbons (Fsp3) is 0.333. The van der Waals surface area contributed by atoms with E-state index in [2.05, 4.69) is 56.4 Å². The van der Waals surface area contributed by atoms with Crippen molar-refractivity contribution in [2.24, 2.45) is 0 Å². The summed E-state index contributed by atoms with van der Waals surface area (Å²) in [7, 11) is 0. The van der Waals surface area contributed by atoms with E-state index in [1.165, 1.54) is 16.7 Å². The lowest BCUT2D eigenvalue weighted by atomic mass is 10.0. The van der Waals surface area contributed by atoms with Gasteiger partial charge in [0.25, 0.3) is 0 Å². The molecular weight excluding hydrogens is 266 g/mol. The number of halogens is 1. The maximum atomic E-state index is 6.01. The van der Waals surface area contributed by atoms with Crippen LogP contribution >= 0.6 is 11.6 Å². The number of nitrogens with one attached hydrogen (secondary N) is 1. The predicted molar refractivity (Wildman–Crippen MR) is 88.7 cm³/mol. The molecule has 1 N–H and O–H groups in total.